The van der Waals surface area contributed by atoms with Crippen LogP contribution in [0.4, 0.5) is 0 Å². The van der Waals surface area contributed by atoms with Crippen LogP contribution in [-0.4, -0.2) is 29.1 Å². The lowest BCUT2D eigenvalue weighted by Crippen LogP contribution is -2.49. The molecule has 3 rings (SSSR count). The van der Waals surface area contributed by atoms with Gasteiger partial charge < -0.3 is 5.11 Å². The molecule has 120 valence electrons. The van der Waals surface area contributed by atoms with Crippen LogP contribution in [0.5, 0.6) is 5.75 Å². The molecule has 1 aromatic carbocycles. The molecule has 2 nitrogen and oxygen atoms in total. The fourth-order valence-electron chi connectivity index (χ4n) is 4.50. The number of nitrogens with zero attached hydrogens (tertiary/aromatic N) is 1. The lowest BCUT2D eigenvalue weighted by atomic mass is 9.61. The molecule has 0 spiro atoms. The van der Waals surface area contributed by atoms with Crippen LogP contribution in [0.25, 0.3) is 0 Å². The molecule has 1 aliphatic heterocycles. The highest BCUT2D eigenvalue weighted by Gasteiger charge is 2.46. The van der Waals surface area contributed by atoms with Gasteiger partial charge in [-0.1, -0.05) is 31.6 Å². The van der Waals surface area contributed by atoms with Gasteiger partial charge in [0.15, 0.2) is 0 Å². The lowest BCUT2D eigenvalue weighted by molar-refractivity contribution is 0.130. The number of phenols is 1. The normalized spacial score (nSPS) is 31.3. The van der Waals surface area contributed by atoms with E-state index in [4.69, 9.17) is 0 Å². The van der Waals surface area contributed by atoms with Gasteiger partial charge in [0.05, 0.1) is 0 Å². The molecule has 2 bridgehead atoms. The summed E-state index contributed by atoms with van der Waals surface area (Å²) < 4.78 is 0. The van der Waals surface area contributed by atoms with Gasteiger partial charge >= 0.3 is 0 Å². The summed E-state index contributed by atoms with van der Waals surface area (Å²) in [4.78, 5) is 2.68. The highest BCUT2D eigenvalue weighted by Crippen LogP contribution is 2.48. The molecule has 1 aromatic rings. The first-order chi connectivity index (χ1) is 10.4. The van der Waals surface area contributed by atoms with Gasteiger partial charge in [-0.2, -0.15) is 0 Å². The van der Waals surface area contributed by atoms with Crippen LogP contribution in [0.2, 0.25) is 0 Å². The zero-order valence-corrected chi connectivity index (χ0v) is 14.4. The molecule has 0 amide bonds. The molecule has 0 saturated carbocycles. The fraction of sp³-hybridized carbons (Fsp3) is 0.600. The van der Waals surface area contributed by atoms with Crippen LogP contribution in [0.3, 0.4) is 0 Å². The summed E-state index contributed by atoms with van der Waals surface area (Å²) >= 11 is 0. The van der Waals surface area contributed by atoms with Crippen LogP contribution in [-0.2, 0) is 11.8 Å². The predicted octanol–water partition coefficient (Wildman–Crippen LogP) is 4.27. The Morgan fingerprint density at radius 2 is 2.18 bits per heavy atom. The van der Waals surface area contributed by atoms with Crippen LogP contribution in [0.1, 0.15) is 51.7 Å². The van der Waals surface area contributed by atoms with E-state index in [-0.39, 0.29) is 5.41 Å². The Labute approximate surface area is 134 Å². The van der Waals surface area contributed by atoms with Crippen molar-refractivity contribution in [3.05, 3.63) is 41.0 Å². The zero-order valence-electron chi connectivity index (χ0n) is 14.4. The minimum Gasteiger partial charge on any atom is -0.508 e. The summed E-state index contributed by atoms with van der Waals surface area (Å²) in [6, 6.07) is 6.63. The van der Waals surface area contributed by atoms with Crippen molar-refractivity contribution in [3.8, 4) is 5.75 Å². The van der Waals surface area contributed by atoms with Crippen molar-refractivity contribution in [3.63, 3.8) is 0 Å². The number of rotatable bonds is 2. The SMILES string of the molecule is CC(C)=CCN1CCC[C@]2(C)c3cc(O)ccc3C[C@H]1[C@@H]2C. The summed E-state index contributed by atoms with van der Waals surface area (Å²) in [5, 5.41) is 9.94. The highest BCUT2D eigenvalue weighted by molar-refractivity contribution is 5.43. The monoisotopic (exact) mass is 299 g/mol. The molecular weight excluding hydrogens is 270 g/mol. The molecule has 0 radical (unpaired) electrons. The van der Waals surface area contributed by atoms with Crippen molar-refractivity contribution in [2.45, 2.75) is 58.4 Å². The third-order valence-corrected chi connectivity index (χ3v) is 6.06. The topological polar surface area (TPSA) is 23.5 Å². The van der Waals surface area contributed by atoms with Crippen LogP contribution >= 0.6 is 0 Å². The maximum absolute atomic E-state index is 9.94. The van der Waals surface area contributed by atoms with Crippen molar-refractivity contribution >= 4 is 0 Å². The van der Waals surface area contributed by atoms with Gasteiger partial charge in [0, 0.05) is 12.6 Å². The molecule has 1 heterocycles. The number of allylic oxidation sites excluding steroid dienone is 1. The summed E-state index contributed by atoms with van der Waals surface area (Å²) in [6.07, 6.45) is 5.93. The second-order valence-electron chi connectivity index (χ2n) is 7.70. The second-order valence-corrected chi connectivity index (χ2v) is 7.70. The standard InChI is InChI=1S/C20H29NO/c1-14(2)8-11-21-10-5-9-20(4)15(3)19(21)12-16-6-7-17(22)13-18(16)20/h6-8,13,15,19,22H,5,9-12H2,1-4H3/t15-,19-,20-/m0/s1. The Morgan fingerprint density at radius 1 is 1.41 bits per heavy atom. The predicted molar refractivity (Wildman–Crippen MR) is 92.4 cm³/mol. The lowest BCUT2D eigenvalue weighted by Gasteiger charge is -2.47. The molecule has 3 atom stereocenters. The largest absolute Gasteiger partial charge is 0.508 e. The van der Waals surface area contributed by atoms with Crippen molar-refractivity contribution in [1.82, 2.24) is 4.90 Å². The van der Waals surface area contributed by atoms with E-state index < -0.39 is 0 Å². The number of phenolic OH excluding ortho intramolecular Hbond substituents is 1. The first-order valence-corrected chi connectivity index (χ1v) is 8.61. The third kappa shape index (κ3) is 2.58. The number of benzene rings is 1. The Balaban J connectivity index is 2.00. The number of aromatic hydroxyl groups is 1. The maximum atomic E-state index is 9.94. The fourth-order valence-corrected chi connectivity index (χ4v) is 4.50. The first-order valence-electron chi connectivity index (χ1n) is 8.61. The number of fused-ring (bicyclic) bond motifs is 4. The van der Waals surface area contributed by atoms with Crippen molar-refractivity contribution in [2.24, 2.45) is 5.92 Å². The van der Waals surface area contributed by atoms with E-state index in [2.05, 4.69) is 44.7 Å². The van der Waals surface area contributed by atoms with E-state index >= 15 is 0 Å². The van der Waals surface area contributed by atoms with Crippen LogP contribution < -0.4 is 0 Å². The molecule has 2 heteroatoms. The van der Waals surface area contributed by atoms with Gasteiger partial charge in [-0.25, -0.2) is 0 Å². The Bertz CT molecular complexity index is 587. The van der Waals surface area contributed by atoms with Gasteiger partial charge in [0.25, 0.3) is 0 Å². The van der Waals surface area contributed by atoms with Gasteiger partial charge in [0.2, 0.25) is 0 Å². The third-order valence-electron chi connectivity index (χ3n) is 6.06. The maximum Gasteiger partial charge on any atom is 0.115 e. The smallest absolute Gasteiger partial charge is 0.115 e. The minimum atomic E-state index is 0.191. The average molecular weight is 299 g/mol. The minimum absolute atomic E-state index is 0.191. The summed E-state index contributed by atoms with van der Waals surface area (Å²) in [6.45, 7) is 11.5. The van der Waals surface area contributed by atoms with E-state index in [1.54, 1.807) is 0 Å². The van der Waals surface area contributed by atoms with Gasteiger partial charge in [-0.15, -0.1) is 0 Å². The van der Waals surface area contributed by atoms with Gasteiger partial charge in [-0.3, -0.25) is 4.90 Å². The van der Waals surface area contributed by atoms with Crippen molar-refractivity contribution in [2.75, 3.05) is 13.1 Å². The Kier molecular flexibility index (Phi) is 4.07. The molecule has 2 aliphatic rings. The zero-order chi connectivity index (χ0) is 15.9. The average Bonchev–Trinajstić information content (AvgIpc) is 2.54. The Hall–Kier alpha value is -1.28. The molecule has 0 aromatic heterocycles. The molecule has 1 aliphatic carbocycles. The number of likely N-dealkylation sites (tertiary alicyclic amines) is 1. The van der Waals surface area contributed by atoms with Crippen molar-refractivity contribution in [1.29, 1.82) is 0 Å². The van der Waals surface area contributed by atoms with Crippen LogP contribution in [0.15, 0.2) is 29.8 Å². The quantitative estimate of drug-likeness (QED) is 0.824. The van der Waals surface area contributed by atoms with Gasteiger partial charge in [-0.05, 0) is 74.2 Å². The van der Waals surface area contributed by atoms with E-state index in [1.165, 1.54) is 36.1 Å². The van der Waals surface area contributed by atoms with Gasteiger partial charge in [0.1, 0.15) is 5.75 Å². The molecule has 1 fully saturated rings. The van der Waals surface area contributed by atoms with Crippen LogP contribution in [0, 0.1) is 5.92 Å². The molecule has 0 unspecified atom stereocenters. The van der Waals surface area contributed by atoms with Crippen molar-refractivity contribution < 1.29 is 5.11 Å². The molecule has 1 N–H and O–H groups in total. The second kappa shape index (κ2) is 5.73. The Morgan fingerprint density at radius 3 is 2.91 bits per heavy atom. The number of hydrogen-bond donors (Lipinski definition) is 1. The van der Waals surface area contributed by atoms with E-state index in [1.807, 2.05) is 12.1 Å². The first kappa shape index (κ1) is 15.6. The molecule has 22 heavy (non-hydrogen) atoms. The molecule has 1 saturated heterocycles. The molecular formula is C20H29NO. The van der Waals surface area contributed by atoms with E-state index in [0.717, 1.165) is 13.0 Å². The van der Waals surface area contributed by atoms with E-state index in [9.17, 15) is 5.11 Å². The van der Waals surface area contributed by atoms with E-state index in [0.29, 0.717) is 17.7 Å². The number of hydrogen-bond acceptors (Lipinski definition) is 2. The summed E-state index contributed by atoms with van der Waals surface area (Å²) in [7, 11) is 0. The summed E-state index contributed by atoms with van der Waals surface area (Å²) in [5.41, 5.74) is 4.42. The summed E-state index contributed by atoms with van der Waals surface area (Å²) in [5.74, 6) is 1.03. The highest BCUT2D eigenvalue weighted by atomic mass is 16.3.